The SMILES string of the molecule is C=CCOc1ccc(C2c3c(-c4c(C)cc(C)cc4O)n[nH]c3C(=O)N2CCCC)cc1. The largest absolute Gasteiger partial charge is 0.507 e. The number of aromatic nitrogens is 2. The summed E-state index contributed by atoms with van der Waals surface area (Å²) in [4.78, 5) is 15.2. The number of rotatable bonds is 8. The first-order chi connectivity index (χ1) is 15.5. The highest BCUT2D eigenvalue weighted by Gasteiger charge is 2.42. The van der Waals surface area contributed by atoms with E-state index in [1.54, 1.807) is 12.1 Å². The van der Waals surface area contributed by atoms with E-state index in [1.165, 1.54) is 0 Å². The molecular weight excluding hydrogens is 402 g/mol. The number of phenols is 1. The third kappa shape index (κ3) is 3.77. The smallest absolute Gasteiger partial charge is 0.273 e. The molecule has 1 aliphatic heterocycles. The molecule has 2 aromatic carbocycles. The minimum atomic E-state index is -0.286. The summed E-state index contributed by atoms with van der Waals surface area (Å²) in [6.07, 6.45) is 3.60. The lowest BCUT2D eigenvalue weighted by atomic mass is 9.93. The molecule has 0 bridgehead atoms. The summed E-state index contributed by atoms with van der Waals surface area (Å²) in [5.74, 6) is 0.856. The number of unbranched alkanes of at least 4 members (excludes halogenated alkanes) is 1. The van der Waals surface area contributed by atoms with Gasteiger partial charge in [-0.05, 0) is 55.2 Å². The van der Waals surface area contributed by atoms with E-state index in [0.717, 1.165) is 40.8 Å². The van der Waals surface area contributed by atoms with Gasteiger partial charge in [0.15, 0.2) is 0 Å². The zero-order valence-corrected chi connectivity index (χ0v) is 18.8. The van der Waals surface area contributed by atoms with E-state index in [0.29, 0.717) is 30.1 Å². The Morgan fingerprint density at radius 1 is 1.25 bits per heavy atom. The third-order valence-electron chi connectivity index (χ3n) is 5.88. The number of carbonyl (C=O) groups excluding carboxylic acids is 1. The van der Waals surface area contributed by atoms with Gasteiger partial charge in [0.1, 0.15) is 29.5 Å². The summed E-state index contributed by atoms with van der Waals surface area (Å²) in [5, 5.41) is 18.2. The van der Waals surface area contributed by atoms with Gasteiger partial charge < -0.3 is 14.7 Å². The van der Waals surface area contributed by atoms with Crippen molar-refractivity contribution < 1.29 is 14.6 Å². The zero-order chi connectivity index (χ0) is 22.8. The molecule has 6 heteroatoms. The highest BCUT2D eigenvalue weighted by atomic mass is 16.5. The van der Waals surface area contributed by atoms with Crippen molar-refractivity contribution in [2.75, 3.05) is 13.2 Å². The summed E-state index contributed by atoms with van der Waals surface area (Å²) in [6.45, 7) is 10.8. The zero-order valence-electron chi connectivity index (χ0n) is 18.8. The van der Waals surface area contributed by atoms with Crippen molar-refractivity contribution in [1.82, 2.24) is 15.1 Å². The fourth-order valence-corrected chi connectivity index (χ4v) is 4.45. The van der Waals surface area contributed by atoms with Crippen LogP contribution in [0.3, 0.4) is 0 Å². The molecule has 0 radical (unpaired) electrons. The molecule has 0 spiro atoms. The van der Waals surface area contributed by atoms with Crippen LogP contribution in [0, 0.1) is 13.8 Å². The fourth-order valence-electron chi connectivity index (χ4n) is 4.45. The number of carbonyl (C=O) groups is 1. The van der Waals surface area contributed by atoms with E-state index in [9.17, 15) is 9.90 Å². The molecule has 1 aromatic heterocycles. The summed E-state index contributed by atoms with van der Waals surface area (Å²) in [5.41, 5.74) is 5.46. The van der Waals surface area contributed by atoms with Crippen molar-refractivity contribution in [1.29, 1.82) is 0 Å². The number of hydrogen-bond acceptors (Lipinski definition) is 4. The van der Waals surface area contributed by atoms with Crippen molar-refractivity contribution in [2.24, 2.45) is 0 Å². The van der Waals surface area contributed by atoms with Crippen LogP contribution < -0.4 is 4.74 Å². The average molecular weight is 432 g/mol. The quantitative estimate of drug-likeness (QED) is 0.474. The number of ether oxygens (including phenoxy) is 1. The van der Waals surface area contributed by atoms with Crippen molar-refractivity contribution in [2.45, 2.75) is 39.7 Å². The number of amides is 1. The molecule has 0 saturated heterocycles. The molecule has 0 saturated carbocycles. The van der Waals surface area contributed by atoms with Gasteiger partial charge in [0.25, 0.3) is 5.91 Å². The number of aromatic amines is 1. The number of aromatic hydroxyl groups is 1. The highest BCUT2D eigenvalue weighted by molar-refractivity contribution is 6.00. The molecule has 4 rings (SSSR count). The minimum absolute atomic E-state index is 0.0616. The fraction of sp³-hybridized carbons (Fsp3) is 0.308. The summed E-state index contributed by atoms with van der Waals surface area (Å²) < 4.78 is 5.63. The van der Waals surface area contributed by atoms with Gasteiger partial charge in [0.05, 0.1) is 6.04 Å². The predicted molar refractivity (Wildman–Crippen MR) is 125 cm³/mol. The molecule has 1 aliphatic rings. The number of phenolic OH excluding ortho intramolecular Hbond substituents is 1. The van der Waals surface area contributed by atoms with Gasteiger partial charge in [-0.2, -0.15) is 5.10 Å². The predicted octanol–water partition coefficient (Wildman–Crippen LogP) is 5.31. The first-order valence-corrected chi connectivity index (χ1v) is 11.0. The second kappa shape index (κ2) is 8.91. The van der Waals surface area contributed by atoms with Crippen LogP contribution in [0.5, 0.6) is 11.5 Å². The third-order valence-corrected chi connectivity index (χ3v) is 5.88. The van der Waals surface area contributed by atoms with Crippen LogP contribution in [0.4, 0.5) is 0 Å². The standard InChI is InChI=1S/C26H29N3O3/c1-5-7-12-29-25(18-8-10-19(11-9-18)32-13-6-2)22-23(27-28-24(22)26(29)31)21-17(4)14-16(3)15-20(21)30/h6,8-11,14-15,25,30H,2,5,7,12-13H2,1,3-4H3,(H,27,28). The van der Waals surface area contributed by atoms with Gasteiger partial charge >= 0.3 is 0 Å². The Hall–Kier alpha value is -3.54. The number of nitrogens with one attached hydrogen (secondary N) is 1. The molecule has 3 aromatic rings. The van der Waals surface area contributed by atoms with Crippen LogP contribution in [0.15, 0.2) is 49.1 Å². The highest BCUT2D eigenvalue weighted by Crippen LogP contribution is 2.45. The van der Waals surface area contributed by atoms with Gasteiger partial charge in [0.2, 0.25) is 0 Å². The van der Waals surface area contributed by atoms with E-state index >= 15 is 0 Å². The van der Waals surface area contributed by atoms with E-state index in [2.05, 4.69) is 23.7 Å². The van der Waals surface area contributed by atoms with Gasteiger partial charge in [-0.3, -0.25) is 9.89 Å². The van der Waals surface area contributed by atoms with Crippen molar-refractivity contribution >= 4 is 5.91 Å². The molecule has 0 fully saturated rings. The van der Waals surface area contributed by atoms with Crippen LogP contribution in [-0.4, -0.2) is 39.3 Å². The van der Waals surface area contributed by atoms with E-state index in [4.69, 9.17) is 4.74 Å². The molecule has 1 amide bonds. The number of nitrogens with zero attached hydrogens (tertiary/aromatic N) is 2. The molecule has 0 aliphatic carbocycles. The molecule has 1 unspecified atom stereocenters. The lowest BCUT2D eigenvalue weighted by Crippen LogP contribution is -2.30. The van der Waals surface area contributed by atoms with Crippen LogP contribution >= 0.6 is 0 Å². The van der Waals surface area contributed by atoms with Gasteiger partial charge in [0, 0.05) is 17.7 Å². The van der Waals surface area contributed by atoms with Gasteiger partial charge in [-0.1, -0.05) is 44.2 Å². The normalized spacial score (nSPS) is 15.2. The Morgan fingerprint density at radius 3 is 2.66 bits per heavy atom. The number of aryl methyl sites for hydroxylation is 2. The summed E-state index contributed by atoms with van der Waals surface area (Å²) >= 11 is 0. The first-order valence-electron chi connectivity index (χ1n) is 11.0. The maximum Gasteiger partial charge on any atom is 0.273 e. The number of benzene rings is 2. The van der Waals surface area contributed by atoms with Crippen LogP contribution in [0.25, 0.3) is 11.3 Å². The van der Waals surface area contributed by atoms with E-state index in [1.807, 2.05) is 49.1 Å². The number of H-pyrrole nitrogens is 1. The van der Waals surface area contributed by atoms with Crippen molar-refractivity contribution in [3.8, 4) is 22.8 Å². The number of fused-ring (bicyclic) bond motifs is 1. The molecule has 2 N–H and O–H groups in total. The molecule has 2 heterocycles. The molecule has 1 atom stereocenters. The molecule has 166 valence electrons. The topological polar surface area (TPSA) is 78.5 Å². The lowest BCUT2D eigenvalue weighted by molar-refractivity contribution is 0.0741. The van der Waals surface area contributed by atoms with E-state index < -0.39 is 0 Å². The minimum Gasteiger partial charge on any atom is -0.507 e. The number of hydrogen-bond donors (Lipinski definition) is 2. The summed E-state index contributed by atoms with van der Waals surface area (Å²) in [6, 6.07) is 11.3. The van der Waals surface area contributed by atoms with Crippen molar-refractivity contribution in [3.05, 3.63) is 77.0 Å². The van der Waals surface area contributed by atoms with Crippen LogP contribution in [0.2, 0.25) is 0 Å². The maximum absolute atomic E-state index is 13.3. The second-order valence-corrected chi connectivity index (χ2v) is 8.26. The monoisotopic (exact) mass is 431 g/mol. The van der Waals surface area contributed by atoms with E-state index in [-0.39, 0.29) is 17.7 Å². The second-order valence-electron chi connectivity index (χ2n) is 8.26. The molecule has 6 nitrogen and oxygen atoms in total. The van der Waals surface area contributed by atoms with Crippen LogP contribution in [-0.2, 0) is 0 Å². The molecule has 32 heavy (non-hydrogen) atoms. The van der Waals surface area contributed by atoms with Gasteiger partial charge in [-0.15, -0.1) is 0 Å². The average Bonchev–Trinajstić information content (AvgIpc) is 3.29. The maximum atomic E-state index is 13.3. The Kier molecular flexibility index (Phi) is 6.04. The lowest BCUT2D eigenvalue weighted by Gasteiger charge is -2.26. The van der Waals surface area contributed by atoms with Crippen molar-refractivity contribution in [3.63, 3.8) is 0 Å². The first kappa shape index (κ1) is 21.7. The van der Waals surface area contributed by atoms with Gasteiger partial charge in [-0.25, -0.2) is 0 Å². The Morgan fingerprint density at radius 2 is 2.00 bits per heavy atom. The Labute approximate surface area is 188 Å². The summed E-state index contributed by atoms with van der Waals surface area (Å²) in [7, 11) is 0. The molecular formula is C26H29N3O3. The Bertz CT molecular complexity index is 1120. The van der Waals surface area contributed by atoms with Crippen LogP contribution in [0.1, 0.15) is 58.5 Å². The Balaban J connectivity index is 1.83.